The largest absolute Gasteiger partial charge is 0.314 e. The van der Waals surface area contributed by atoms with Crippen LogP contribution in [0.25, 0.3) is 11.3 Å². The summed E-state index contributed by atoms with van der Waals surface area (Å²) in [7, 11) is 0. The van der Waals surface area contributed by atoms with Gasteiger partial charge in [-0.25, -0.2) is 4.98 Å². The molecule has 0 unspecified atom stereocenters. The quantitative estimate of drug-likeness (QED) is 0.783. The third kappa shape index (κ3) is 4.31. The zero-order chi connectivity index (χ0) is 14.5. The van der Waals surface area contributed by atoms with Gasteiger partial charge in [0.15, 0.2) is 0 Å². The van der Waals surface area contributed by atoms with Gasteiger partial charge in [0.2, 0.25) is 0 Å². The Morgan fingerprint density at radius 2 is 2.10 bits per heavy atom. The van der Waals surface area contributed by atoms with E-state index in [2.05, 4.69) is 42.6 Å². The number of aromatic nitrogens is 1. The lowest BCUT2D eigenvalue weighted by atomic mass is 10.1. The van der Waals surface area contributed by atoms with Crippen LogP contribution in [0, 0.1) is 0 Å². The van der Waals surface area contributed by atoms with Crippen molar-refractivity contribution in [3.8, 4) is 11.3 Å². The maximum absolute atomic E-state index is 4.90. The van der Waals surface area contributed by atoms with E-state index in [1.54, 1.807) is 0 Å². The first-order chi connectivity index (χ1) is 10.4. The summed E-state index contributed by atoms with van der Waals surface area (Å²) in [6.07, 6.45) is 3.80. The van der Waals surface area contributed by atoms with Gasteiger partial charge < -0.3 is 5.32 Å². The van der Waals surface area contributed by atoms with Crippen molar-refractivity contribution in [2.75, 3.05) is 12.3 Å². The first-order valence-electron chi connectivity index (χ1n) is 7.72. The average Bonchev–Trinajstić information content (AvgIpc) is 3.25. The lowest BCUT2D eigenvalue weighted by Crippen LogP contribution is -2.19. The summed E-state index contributed by atoms with van der Waals surface area (Å²) in [5.41, 5.74) is 2.45. The van der Waals surface area contributed by atoms with Crippen LogP contribution in [0.5, 0.6) is 0 Å². The Hall–Kier alpha value is -0.840. The third-order valence-corrected chi connectivity index (χ3v) is 5.76. The molecule has 0 aliphatic heterocycles. The predicted octanol–water partition coefficient (Wildman–Crippen LogP) is 4.36. The summed E-state index contributed by atoms with van der Waals surface area (Å²) in [5.74, 6) is 2.19. The second-order valence-corrected chi connectivity index (χ2v) is 7.80. The lowest BCUT2D eigenvalue weighted by Gasteiger charge is -2.03. The normalized spacial score (nSPS) is 14.5. The predicted molar refractivity (Wildman–Crippen MR) is 94.1 cm³/mol. The van der Waals surface area contributed by atoms with Gasteiger partial charge in [0.1, 0.15) is 5.01 Å². The van der Waals surface area contributed by atoms with E-state index in [1.807, 2.05) is 23.1 Å². The van der Waals surface area contributed by atoms with E-state index >= 15 is 0 Å². The summed E-state index contributed by atoms with van der Waals surface area (Å²) >= 11 is 3.84. The maximum atomic E-state index is 4.90. The Morgan fingerprint density at radius 1 is 1.29 bits per heavy atom. The fraction of sp³-hybridized carbons (Fsp3) is 0.471. The number of thioether (sulfide) groups is 1. The fourth-order valence-electron chi connectivity index (χ4n) is 2.32. The standard InChI is InChI=1S/C17H22N2S2/c1-2-20-12-16-19-17(13-6-4-3-5-7-13)15(21-16)10-11-18-14-8-9-14/h3-7,14,18H,2,8-12H2,1H3. The summed E-state index contributed by atoms with van der Waals surface area (Å²) in [5, 5.41) is 4.88. The number of hydrogen-bond donors (Lipinski definition) is 1. The van der Waals surface area contributed by atoms with Crippen LogP contribution in [0.3, 0.4) is 0 Å². The second kappa shape index (κ2) is 7.43. The molecule has 2 nitrogen and oxygen atoms in total. The van der Waals surface area contributed by atoms with E-state index in [0.717, 1.165) is 30.5 Å². The van der Waals surface area contributed by atoms with Crippen molar-refractivity contribution in [2.24, 2.45) is 0 Å². The molecule has 2 aromatic rings. The van der Waals surface area contributed by atoms with Crippen molar-refractivity contribution < 1.29 is 0 Å². The molecule has 1 aliphatic carbocycles. The van der Waals surface area contributed by atoms with Crippen molar-refractivity contribution in [3.05, 3.63) is 40.2 Å². The number of rotatable bonds is 8. The van der Waals surface area contributed by atoms with Crippen LogP contribution in [-0.4, -0.2) is 23.3 Å². The van der Waals surface area contributed by atoms with Crippen LogP contribution in [0.1, 0.15) is 29.7 Å². The molecule has 1 heterocycles. The summed E-state index contributed by atoms with van der Waals surface area (Å²) < 4.78 is 0. The SMILES string of the molecule is CCSCc1nc(-c2ccccc2)c(CCNC2CC2)s1. The summed E-state index contributed by atoms with van der Waals surface area (Å²) in [6, 6.07) is 11.4. The summed E-state index contributed by atoms with van der Waals surface area (Å²) in [4.78, 5) is 6.33. The van der Waals surface area contributed by atoms with Gasteiger partial charge in [-0.15, -0.1) is 11.3 Å². The molecule has 1 N–H and O–H groups in total. The minimum atomic E-state index is 0.785. The molecule has 0 amide bonds. The highest BCUT2D eigenvalue weighted by Gasteiger charge is 2.20. The number of nitrogens with one attached hydrogen (secondary N) is 1. The highest BCUT2D eigenvalue weighted by atomic mass is 32.2. The minimum Gasteiger partial charge on any atom is -0.314 e. The van der Waals surface area contributed by atoms with E-state index in [9.17, 15) is 0 Å². The molecular weight excluding hydrogens is 296 g/mol. The van der Waals surface area contributed by atoms with Crippen LogP contribution in [-0.2, 0) is 12.2 Å². The Bertz CT molecular complexity index is 561. The van der Waals surface area contributed by atoms with Crippen LogP contribution in [0.2, 0.25) is 0 Å². The second-order valence-electron chi connectivity index (χ2n) is 5.36. The molecule has 4 heteroatoms. The van der Waals surface area contributed by atoms with Gasteiger partial charge in [-0.2, -0.15) is 11.8 Å². The molecule has 0 radical (unpaired) electrons. The summed E-state index contributed by atoms with van der Waals surface area (Å²) in [6.45, 7) is 3.28. The van der Waals surface area contributed by atoms with Crippen molar-refractivity contribution >= 4 is 23.1 Å². The maximum Gasteiger partial charge on any atom is 0.103 e. The van der Waals surface area contributed by atoms with Crippen LogP contribution in [0.15, 0.2) is 30.3 Å². The van der Waals surface area contributed by atoms with Gasteiger partial charge in [0, 0.05) is 28.8 Å². The molecule has 21 heavy (non-hydrogen) atoms. The molecule has 1 aromatic heterocycles. The number of hydrogen-bond acceptors (Lipinski definition) is 4. The molecule has 112 valence electrons. The van der Waals surface area contributed by atoms with Crippen LogP contribution in [0.4, 0.5) is 0 Å². The minimum absolute atomic E-state index is 0.785. The number of benzene rings is 1. The fourth-order valence-corrected chi connectivity index (χ4v) is 4.13. The lowest BCUT2D eigenvalue weighted by molar-refractivity contribution is 0.685. The van der Waals surface area contributed by atoms with E-state index in [-0.39, 0.29) is 0 Å². The monoisotopic (exact) mass is 318 g/mol. The molecular formula is C17H22N2S2. The topological polar surface area (TPSA) is 24.9 Å². The van der Waals surface area contributed by atoms with E-state index < -0.39 is 0 Å². The van der Waals surface area contributed by atoms with Gasteiger partial charge >= 0.3 is 0 Å². The average molecular weight is 319 g/mol. The van der Waals surface area contributed by atoms with Crippen LogP contribution < -0.4 is 5.32 Å². The van der Waals surface area contributed by atoms with Crippen molar-refractivity contribution in [3.63, 3.8) is 0 Å². The molecule has 3 rings (SSSR count). The third-order valence-electron chi connectivity index (χ3n) is 3.58. The molecule has 0 spiro atoms. The molecule has 0 atom stereocenters. The van der Waals surface area contributed by atoms with Crippen molar-refractivity contribution in [1.29, 1.82) is 0 Å². The zero-order valence-corrected chi connectivity index (χ0v) is 14.1. The highest BCUT2D eigenvalue weighted by molar-refractivity contribution is 7.98. The molecule has 1 saturated carbocycles. The highest BCUT2D eigenvalue weighted by Crippen LogP contribution is 2.30. The van der Waals surface area contributed by atoms with Crippen LogP contribution >= 0.6 is 23.1 Å². The Morgan fingerprint density at radius 3 is 2.81 bits per heavy atom. The van der Waals surface area contributed by atoms with Gasteiger partial charge in [-0.3, -0.25) is 0 Å². The molecule has 0 bridgehead atoms. The number of thiazole rings is 1. The zero-order valence-electron chi connectivity index (χ0n) is 12.5. The van der Waals surface area contributed by atoms with E-state index in [4.69, 9.17) is 4.98 Å². The van der Waals surface area contributed by atoms with Gasteiger partial charge in [-0.05, 0) is 25.0 Å². The van der Waals surface area contributed by atoms with Gasteiger partial charge in [0.25, 0.3) is 0 Å². The van der Waals surface area contributed by atoms with Crippen molar-refractivity contribution in [2.45, 2.75) is 38.0 Å². The van der Waals surface area contributed by atoms with E-state index in [0.29, 0.717) is 0 Å². The molecule has 1 fully saturated rings. The molecule has 0 saturated heterocycles. The molecule has 1 aliphatic rings. The number of nitrogens with zero attached hydrogens (tertiary/aromatic N) is 1. The van der Waals surface area contributed by atoms with E-state index in [1.165, 1.54) is 34.0 Å². The van der Waals surface area contributed by atoms with Gasteiger partial charge in [-0.1, -0.05) is 37.3 Å². The Kier molecular flexibility index (Phi) is 5.33. The Balaban J connectivity index is 1.75. The van der Waals surface area contributed by atoms with Gasteiger partial charge in [0.05, 0.1) is 5.69 Å². The smallest absolute Gasteiger partial charge is 0.103 e. The molecule has 1 aromatic carbocycles. The first kappa shape index (κ1) is 15.1. The first-order valence-corrected chi connectivity index (χ1v) is 9.69. The van der Waals surface area contributed by atoms with Crippen molar-refractivity contribution in [1.82, 2.24) is 10.3 Å². The Labute approximate surface area is 135 Å².